The molecule has 0 spiro atoms. The molecule has 2 aromatic carbocycles. The molecule has 0 aromatic heterocycles. The average molecular weight is 441 g/mol. The third kappa shape index (κ3) is 4.05. The second kappa shape index (κ2) is 6.86. The van der Waals surface area contributed by atoms with Crippen molar-refractivity contribution in [1.29, 1.82) is 5.26 Å². The summed E-state index contributed by atoms with van der Waals surface area (Å²) < 4.78 is 1.96. The van der Waals surface area contributed by atoms with Crippen molar-refractivity contribution < 1.29 is 4.79 Å². The van der Waals surface area contributed by atoms with Gasteiger partial charge in [0.2, 0.25) is 5.91 Å². The van der Waals surface area contributed by atoms with Crippen LogP contribution in [0.3, 0.4) is 0 Å². The van der Waals surface area contributed by atoms with Gasteiger partial charge in [-0.2, -0.15) is 5.26 Å². The van der Waals surface area contributed by atoms with Gasteiger partial charge in [0.05, 0.1) is 23.7 Å². The Morgan fingerprint density at radius 2 is 1.95 bits per heavy atom. The van der Waals surface area contributed by atoms with Crippen LogP contribution in [0.4, 0.5) is 5.69 Å². The van der Waals surface area contributed by atoms with Crippen LogP contribution in [-0.4, -0.2) is 5.91 Å². The molecule has 0 saturated carbocycles. The average Bonchev–Trinajstić information content (AvgIpc) is 2.43. The first kappa shape index (κ1) is 15.0. The van der Waals surface area contributed by atoms with Gasteiger partial charge in [-0.25, -0.2) is 0 Å². The Morgan fingerprint density at radius 1 is 1.25 bits per heavy atom. The van der Waals surface area contributed by atoms with Crippen LogP contribution in [0.15, 0.2) is 46.9 Å². The quantitative estimate of drug-likeness (QED) is 0.730. The van der Waals surface area contributed by atoms with E-state index in [4.69, 9.17) is 5.26 Å². The molecule has 0 saturated heterocycles. The second-order valence-corrected chi connectivity index (χ2v) is 6.24. The lowest BCUT2D eigenvalue weighted by Gasteiger charge is -2.08. The van der Waals surface area contributed by atoms with Crippen LogP contribution < -0.4 is 5.32 Å². The molecule has 0 radical (unpaired) electrons. The zero-order valence-corrected chi connectivity index (χ0v) is 14.1. The number of nitrogens with zero attached hydrogens (tertiary/aromatic N) is 1. The van der Waals surface area contributed by atoms with E-state index >= 15 is 0 Å². The van der Waals surface area contributed by atoms with Crippen LogP contribution in [0.2, 0.25) is 0 Å². The highest BCUT2D eigenvalue weighted by molar-refractivity contribution is 14.1. The summed E-state index contributed by atoms with van der Waals surface area (Å²) in [4.78, 5) is 12.0. The molecule has 0 aliphatic heterocycles. The van der Waals surface area contributed by atoms with Crippen LogP contribution in [0, 0.1) is 14.9 Å². The minimum Gasteiger partial charge on any atom is -0.325 e. The van der Waals surface area contributed by atoms with Crippen molar-refractivity contribution in [3.05, 3.63) is 61.6 Å². The van der Waals surface area contributed by atoms with Crippen LogP contribution in [0.5, 0.6) is 0 Å². The predicted molar refractivity (Wildman–Crippen MR) is 90.3 cm³/mol. The summed E-state index contributed by atoms with van der Waals surface area (Å²) in [6, 6.07) is 14.8. The van der Waals surface area contributed by atoms with Crippen molar-refractivity contribution in [2.24, 2.45) is 0 Å². The van der Waals surface area contributed by atoms with E-state index in [1.165, 1.54) is 0 Å². The molecule has 0 aliphatic carbocycles. The van der Waals surface area contributed by atoms with Crippen molar-refractivity contribution in [2.45, 2.75) is 6.42 Å². The third-order valence-electron chi connectivity index (χ3n) is 2.65. The number of rotatable bonds is 3. The number of anilines is 1. The maximum atomic E-state index is 12.0. The minimum atomic E-state index is -0.0741. The van der Waals surface area contributed by atoms with Gasteiger partial charge in [-0.3, -0.25) is 4.79 Å². The summed E-state index contributed by atoms with van der Waals surface area (Å²) in [5.41, 5.74) is 2.28. The largest absolute Gasteiger partial charge is 0.325 e. The SMILES string of the molecule is N#Cc1ccc(CC(=O)Nc2ccc(Br)cc2I)cc1. The molecule has 0 bridgehead atoms. The number of carbonyl (C=O) groups is 1. The van der Waals surface area contributed by atoms with Crippen LogP contribution >= 0.6 is 38.5 Å². The molecule has 5 heteroatoms. The van der Waals surface area contributed by atoms with Gasteiger partial charge in [0, 0.05) is 8.04 Å². The van der Waals surface area contributed by atoms with E-state index in [1.807, 2.05) is 18.2 Å². The van der Waals surface area contributed by atoms with E-state index in [2.05, 4.69) is 49.9 Å². The van der Waals surface area contributed by atoms with Crippen molar-refractivity contribution in [3.63, 3.8) is 0 Å². The highest BCUT2D eigenvalue weighted by atomic mass is 127. The van der Waals surface area contributed by atoms with Crippen molar-refractivity contribution in [1.82, 2.24) is 0 Å². The van der Waals surface area contributed by atoms with Crippen LogP contribution in [0.25, 0.3) is 0 Å². The van der Waals surface area contributed by atoms with E-state index < -0.39 is 0 Å². The van der Waals surface area contributed by atoms with E-state index in [9.17, 15) is 4.79 Å². The Morgan fingerprint density at radius 3 is 2.55 bits per heavy atom. The molecular formula is C15H10BrIN2O. The summed E-state index contributed by atoms with van der Waals surface area (Å²) in [5.74, 6) is -0.0741. The molecule has 100 valence electrons. The fraction of sp³-hybridized carbons (Fsp3) is 0.0667. The number of halogens is 2. The van der Waals surface area contributed by atoms with Crippen molar-refractivity contribution in [2.75, 3.05) is 5.32 Å². The molecule has 0 atom stereocenters. The second-order valence-electron chi connectivity index (χ2n) is 4.16. The molecule has 2 rings (SSSR count). The van der Waals surface area contributed by atoms with Gasteiger partial charge in [-0.15, -0.1) is 0 Å². The lowest BCUT2D eigenvalue weighted by atomic mass is 10.1. The molecule has 0 heterocycles. The number of hydrogen-bond donors (Lipinski definition) is 1. The van der Waals surface area contributed by atoms with E-state index in [0.29, 0.717) is 5.56 Å². The summed E-state index contributed by atoms with van der Waals surface area (Å²) in [5, 5.41) is 11.6. The van der Waals surface area contributed by atoms with Gasteiger partial charge < -0.3 is 5.32 Å². The molecule has 0 unspecified atom stereocenters. The Bertz CT molecular complexity index is 677. The summed E-state index contributed by atoms with van der Waals surface area (Å²) in [7, 11) is 0. The maximum Gasteiger partial charge on any atom is 0.228 e. The first-order valence-electron chi connectivity index (χ1n) is 5.82. The third-order valence-corrected chi connectivity index (χ3v) is 4.04. The van der Waals surface area contributed by atoms with Gasteiger partial charge in [-0.1, -0.05) is 28.1 Å². The predicted octanol–water partition coefficient (Wildman–Crippen LogP) is 4.11. The topological polar surface area (TPSA) is 52.9 Å². The summed E-state index contributed by atoms with van der Waals surface area (Å²) >= 11 is 5.56. The lowest BCUT2D eigenvalue weighted by Crippen LogP contribution is -2.15. The zero-order valence-electron chi connectivity index (χ0n) is 10.4. The standard InChI is InChI=1S/C15H10BrIN2O/c16-12-5-6-14(13(17)8-12)19-15(20)7-10-1-3-11(9-18)4-2-10/h1-6,8H,7H2,(H,19,20). The molecule has 0 aliphatic rings. The molecule has 1 N–H and O–H groups in total. The van der Waals surface area contributed by atoms with Gasteiger partial charge >= 0.3 is 0 Å². The molecule has 20 heavy (non-hydrogen) atoms. The Hall–Kier alpha value is -1.39. The highest BCUT2D eigenvalue weighted by Gasteiger charge is 2.07. The Labute approximate surface area is 139 Å². The number of benzene rings is 2. The fourth-order valence-electron chi connectivity index (χ4n) is 1.67. The normalized spacial score (nSPS) is 9.85. The smallest absolute Gasteiger partial charge is 0.228 e. The Balaban J connectivity index is 2.03. The highest BCUT2D eigenvalue weighted by Crippen LogP contribution is 2.22. The van der Waals surface area contributed by atoms with Gasteiger partial charge in [-0.05, 0) is 58.5 Å². The summed E-state index contributed by atoms with van der Waals surface area (Å²) in [6.45, 7) is 0. The van der Waals surface area contributed by atoms with Gasteiger partial charge in [0.25, 0.3) is 0 Å². The van der Waals surface area contributed by atoms with E-state index in [-0.39, 0.29) is 12.3 Å². The van der Waals surface area contributed by atoms with Crippen LogP contribution in [-0.2, 0) is 11.2 Å². The molecular weight excluding hydrogens is 431 g/mol. The number of nitrogens with one attached hydrogen (secondary N) is 1. The molecule has 3 nitrogen and oxygen atoms in total. The van der Waals surface area contributed by atoms with Crippen molar-refractivity contribution >= 4 is 50.1 Å². The van der Waals surface area contributed by atoms with Gasteiger partial charge in [0.1, 0.15) is 0 Å². The first-order chi connectivity index (χ1) is 9.58. The van der Waals surface area contributed by atoms with Gasteiger partial charge in [0.15, 0.2) is 0 Å². The number of carbonyl (C=O) groups excluding carboxylic acids is 1. The Kier molecular flexibility index (Phi) is 5.15. The molecule has 0 fully saturated rings. The van der Waals surface area contributed by atoms with E-state index in [0.717, 1.165) is 19.3 Å². The van der Waals surface area contributed by atoms with Crippen LogP contribution in [0.1, 0.15) is 11.1 Å². The molecule has 1 amide bonds. The van der Waals surface area contributed by atoms with Crippen molar-refractivity contribution in [3.8, 4) is 6.07 Å². The molecule has 2 aromatic rings. The zero-order chi connectivity index (χ0) is 14.5. The maximum absolute atomic E-state index is 12.0. The van der Waals surface area contributed by atoms with E-state index in [1.54, 1.807) is 24.3 Å². The number of hydrogen-bond acceptors (Lipinski definition) is 2. The number of nitriles is 1. The number of amides is 1. The first-order valence-corrected chi connectivity index (χ1v) is 7.69. The minimum absolute atomic E-state index is 0.0741. The fourth-order valence-corrected chi connectivity index (χ4v) is 3.11. The lowest BCUT2D eigenvalue weighted by molar-refractivity contribution is -0.115. The summed E-state index contributed by atoms with van der Waals surface area (Å²) in [6.07, 6.45) is 0.290. The monoisotopic (exact) mass is 440 g/mol.